The summed E-state index contributed by atoms with van der Waals surface area (Å²) < 4.78 is 27.5. The zero-order valence-electron chi connectivity index (χ0n) is 19.0. The van der Waals surface area contributed by atoms with E-state index in [1.165, 1.54) is 0 Å². The number of guanidine groups is 1. The second-order valence-corrected chi connectivity index (χ2v) is 7.16. The summed E-state index contributed by atoms with van der Waals surface area (Å²) in [5.41, 5.74) is 0. The van der Waals surface area contributed by atoms with Crippen LogP contribution in [-0.2, 0) is 9.47 Å². The molecular weight excluding hydrogens is 513 g/mol. The minimum Gasteiger partial charge on any atom is -0.496 e. The highest BCUT2D eigenvalue weighted by Crippen LogP contribution is 2.27. The number of hydrogen-bond donors (Lipinski definition) is 2. The number of rotatable bonds is 13. The number of benzene rings is 1. The summed E-state index contributed by atoms with van der Waals surface area (Å²) in [6.45, 7) is 5.52. The fraction of sp³-hybridized carbons (Fsp3) is 0.682. The lowest BCUT2D eigenvalue weighted by molar-refractivity contribution is 0.0203. The molecule has 1 saturated heterocycles. The van der Waals surface area contributed by atoms with Crippen LogP contribution < -0.4 is 24.8 Å². The zero-order valence-corrected chi connectivity index (χ0v) is 21.3. The van der Waals surface area contributed by atoms with Gasteiger partial charge in [0.2, 0.25) is 0 Å². The maximum absolute atomic E-state index is 5.80. The Hall–Kier alpha value is -1.46. The van der Waals surface area contributed by atoms with Gasteiger partial charge in [0, 0.05) is 64.8 Å². The monoisotopic (exact) mass is 551 g/mol. The van der Waals surface area contributed by atoms with Gasteiger partial charge in [0.1, 0.15) is 17.2 Å². The summed E-state index contributed by atoms with van der Waals surface area (Å²) in [5.74, 6) is 3.60. The van der Waals surface area contributed by atoms with Gasteiger partial charge in [-0.3, -0.25) is 4.99 Å². The largest absolute Gasteiger partial charge is 0.496 e. The molecule has 31 heavy (non-hydrogen) atoms. The number of nitrogens with zero attached hydrogens (tertiary/aromatic N) is 1. The Morgan fingerprint density at radius 2 is 1.55 bits per heavy atom. The van der Waals surface area contributed by atoms with Gasteiger partial charge in [-0.1, -0.05) is 0 Å². The summed E-state index contributed by atoms with van der Waals surface area (Å²) in [6.07, 6.45) is 4.02. The summed E-state index contributed by atoms with van der Waals surface area (Å²) in [7, 11) is 5.02. The van der Waals surface area contributed by atoms with Gasteiger partial charge in [-0.25, -0.2) is 0 Å². The summed E-state index contributed by atoms with van der Waals surface area (Å²) in [6, 6.07) is 5.52. The predicted molar refractivity (Wildman–Crippen MR) is 133 cm³/mol. The van der Waals surface area contributed by atoms with E-state index in [2.05, 4.69) is 15.6 Å². The fourth-order valence-corrected chi connectivity index (χ4v) is 3.10. The van der Waals surface area contributed by atoms with Crippen LogP contribution >= 0.6 is 24.0 Å². The van der Waals surface area contributed by atoms with Gasteiger partial charge in [0.15, 0.2) is 5.96 Å². The maximum Gasteiger partial charge on any atom is 0.190 e. The minimum absolute atomic E-state index is 0. The molecule has 0 radical (unpaired) electrons. The van der Waals surface area contributed by atoms with E-state index in [-0.39, 0.29) is 24.0 Å². The van der Waals surface area contributed by atoms with Crippen molar-refractivity contribution < 1.29 is 23.7 Å². The normalized spacial score (nSPS) is 14.5. The van der Waals surface area contributed by atoms with Crippen molar-refractivity contribution in [3.05, 3.63) is 18.2 Å². The van der Waals surface area contributed by atoms with Crippen molar-refractivity contribution in [1.82, 2.24) is 10.6 Å². The van der Waals surface area contributed by atoms with Gasteiger partial charge in [-0.15, -0.1) is 24.0 Å². The lowest BCUT2D eigenvalue weighted by atomic mass is 10.0. The highest BCUT2D eigenvalue weighted by Gasteiger charge is 2.13. The number of nitrogens with one attached hydrogen (secondary N) is 2. The van der Waals surface area contributed by atoms with Crippen molar-refractivity contribution in [1.29, 1.82) is 0 Å². The van der Waals surface area contributed by atoms with Gasteiger partial charge >= 0.3 is 0 Å². The van der Waals surface area contributed by atoms with Crippen LogP contribution in [0.5, 0.6) is 17.2 Å². The average Bonchev–Trinajstić information content (AvgIpc) is 2.80. The van der Waals surface area contributed by atoms with Crippen LogP contribution in [-0.4, -0.2) is 73.4 Å². The van der Waals surface area contributed by atoms with E-state index in [9.17, 15) is 0 Å². The van der Waals surface area contributed by atoms with Gasteiger partial charge in [0.25, 0.3) is 0 Å². The molecule has 1 aromatic carbocycles. The first kappa shape index (κ1) is 27.6. The third-order valence-electron chi connectivity index (χ3n) is 4.88. The molecular formula is C22H38IN3O5. The molecule has 0 saturated carbocycles. The van der Waals surface area contributed by atoms with Gasteiger partial charge in [-0.05, 0) is 31.6 Å². The number of aliphatic imine (C=N–C) groups is 1. The standard InChI is InChI=1S/C22H37N3O5.HI/c1-23-22(24-8-4-10-29-17-18-6-12-28-13-7-18)25-9-5-11-30-21-15-19(26-2)14-20(16-21)27-3;/h14-16,18H,4-13,17H2,1-3H3,(H2,23,24,25);1H. The number of halogens is 1. The molecule has 0 unspecified atom stereocenters. The van der Waals surface area contributed by atoms with Crippen molar-refractivity contribution in [2.75, 3.05) is 67.4 Å². The Kier molecular flexibility index (Phi) is 15.2. The molecule has 1 aliphatic heterocycles. The summed E-state index contributed by atoms with van der Waals surface area (Å²) in [4.78, 5) is 4.25. The van der Waals surface area contributed by atoms with Crippen LogP contribution in [0.2, 0.25) is 0 Å². The van der Waals surface area contributed by atoms with Crippen molar-refractivity contribution >= 4 is 29.9 Å². The van der Waals surface area contributed by atoms with Crippen LogP contribution in [0.25, 0.3) is 0 Å². The highest BCUT2D eigenvalue weighted by molar-refractivity contribution is 14.0. The molecule has 1 fully saturated rings. The first-order valence-electron chi connectivity index (χ1n) is 10.7. The summed E-state index contributed by atoms with van der Waals surface area (Å²) in [5, 5.41) is 6.61. The Bertz CT molecular complexity index is 605. The average molecular weight is 551 g/mol. The quantitative estimate of drug-likeness (QED) is 0.169. The Balaban J connectivity index is 0.00000480. The Labute approximate surface area is 203 Å². The van der Waals surface area contributed by atoms with Crippen molar-refractivity contribution in [3.8, 4) is 17.2 Å². The number of methoxy groups -OCH3 is 2. The second-order valence-electron chi connectivity index (χ2n) is 7.16. The van der Waals surface area contributed by atoms with E-state index in [4.69, 9.17) is 23.7 Å². The first-order valence-corrected chi connectivity index (χ1v) is 10.7. The lowest BCUT2D eigenvalue weighted by Gasteiger charge is -2.21. The molecule has 8 nitrogen and oxygen atoms in total. The van der Waals surface area contributed by atoms with Gasteiger partial charge in [-0.2, -0.15) is 0 Å². The lowest BCUT2D eigenvalue weighted by Crippen LogP contribution is -2.38. The van der Waals surface area contributed by atoms with E-state index < -0.39 is 0 Å². The van der Waals surface area contributed by atoms with Crippen molar-refractivity contribution in [2.24, 2.45) is 10.9 Å². The number of ether oxygens (including phenoxy) is 5. The molecule has 0 aromatic heterocycles. The Morgan fingerprint density at radius 3 is 2.13 bits per heavy atom. The minimum atomic E-state index is 0. The van der Waals surface area contributed by atoms with E-state index in [0.29, 0.717) is 24.0 Å². The zero-order chi connectivity index (χ0) is 21.4. The predicted octanol–water partition coefficient (Wildman–Crippen LogP) is 3.09. The van der Waals surface area contributed by atoms with Crippen LogP contribution in [0.15, 0.2) is 23.2 Å². The van der Waals surface area contributed by atoms with Crippen LogP contribution in [0.4, 0.5) is 0 Å². The summed E-state index contributed by atoms with van der Waals surface area (Å²) >= 11 is 0. The molecule has 0 spiro atoms. The molecule has 0 aliphatic carbocycles. The first-order chi connectivity index (χ1) is 14.7. The SMILES string of the molecule is CN=C(NCCCOCC1CCOCC1)NCCCOc1cc(OC)cc(OC)c1.I. The van der Waals surface area contributed by atoms with Crippen molar-refractivity contribution in [2.45, 2.75) is 25.7 Å². The third kappa shape index (κ3) is 11.6. The van der Waals surface area contributed by atoms with E-state index in [1.54, 1.807) is 21.3 Å². The molecule has 0 atom stereocenters. The van der Waals surface area contributed by atoms with Crippen molar-refractivity contribution in [3.63, 3.8) is 0 Å². The Morgan fingerprint density at radius 1 is 0.968 bits per heavy atom. The molecule has 1 aliphatic rings. The smallest absolute Gasteiger partial charge is 0.190 e. The molecule has 2 rings (SSSR count). The number of hydrogen-bond acceptors (Lipinski definition) is 6. The molecule has 1 aromatic rings. The third-order valence-corrected chi connectivity index (χ3v) is 4.88. The van der Waals surface area contributed by atoms with Gasteiger partial charge < -0.3 is 34.3 Å². The van der Waals surface area contributed by atoms with E-state index in [1.807, 2.05) is 18.2 Å². The molecule has 0 amide bonds. The van der Waals surface area contributed by atoms with Gasteiger partial charge in [0.05, 0.1) is 20.8 Å². The van der Waals surface area contributed by atoms with E-state index in [0.717, 1.165) is 76.9 Å². The van der Waals surface area contributed by atoms with Crippen LogP contribution in [0.1, 0.15) is 25.7 Å². The topological polar surface area (TPSA) is 82.6 Å². The van der Waals surface area contributed by atoms with Crippen LogP contribution in [0, 0.1) is 5.92 Å². The molecule has 1 heterocycles. The molecule has 2 N–H and O–H groups in total. The second kappa shape index (κ2) is 17.1. The fourth-order valence-electron chi connectivity index (χ4n) is 3.10. The molecule has 9 heteroatoms. The molecule has 178 valence electrons. The highest BCUT2D eigenvalue weighted by atomic mass is 127. The van der Waals surface area contributed by atoms with Crippen LogP contribution in [0.3, 0.4) is 0 Å². The van der Waals surface area contributed by atoms with E-state index >= 15 is 0 Å². The maximum atomic E-state index is 5.80. The molecule has 0 bridgehead atoms.